The van der Waals surface area contributed by atoms with E-state index < -0.39 is 0 Å². The van der Waals surface area contributed by atoms with Crippen molar-refractivity contribution in [1.29, 1.82) is 5.26 Å². The lowest BCUT2D eigenvalue weighted by atomic mass is 9.91. The Kier molecular flexibility index (Phi) is 8.93. The Balaban J connectivity index is 0.852. The average molecular weight is 717 g/mol. The minimum Gasteiger partial charge on any atom is -0.387 e. The molecule has 3 amide bonds. The zero-order chi connectivity index (χ0) is 35.8. The first-order chi connectivity index (χ1) is 25.4. The quantitative estimate of drug-likeness (QED) is 0.235. The van der Waals surface area contributed by atoms with Crippen LogP contribution in [-0.4, -0.2) is 98.7 Å². The van der Waals surface area contributed by atoms with Crippen LogP contribution in [0.25, 0.3) is 27.5 Å². The summed E-state index contributed by atoms with van der Waals surface area (Å²) in [4.78, 5) is 53.0. The van der Waals surface area contributed by atoms with Gasteiger partial charge >= 0.3 is 0 Å². The summed E-state index contributed by atoms with van der Waals surface area (Å²) in [6.45, 7) is 4.10. The van der Waals surface area contributed by atoms with E-state index in [0.717, 1.165) is 75.6 Å². The van der Waals surface area contributed by atoms with Crippen molar-refractivity contribution in [2.75, 3.05) is 61.4 Å². The molecule has 5 aromatic rings. The number of carbonyl (C=O) groups excluding carboxylic acids is 3. The third kappa shape index (κ3) is 6.39. The predicted octanol–water partition coefficient (Wildman–Crippen LogP) is 3.31. The molecular weight excluding hydrogens is 681 g/mol. The van der Waals surface area contributed by atoms with E-state index >= 15 is 0 Å². The predicted molar refractivity (Wildman–Crippen MR) is 195 cm³/mol. The van der Waals surface area contributed by atoms with Gasteiger partial charge in [0.05, 0.1) is 40.1 Å². The number of pyridine rings is 2. The highest BCUT2D eigenvalue weighted by Gasteiger charge is 2.32. The minimum atomic E-state index is -0.351. The van der Waals surface area contributed by atoms with Crippen LogP contribution < -0.4 is 20.4 Å². The van der Waals surface area contributed by atoms with Crippen molar-refractivity contribution >= 4 is 51.2 Å². The molecule has 0 aliphatic carbocycles. The van der Waals surface area contributed by atoms with E-state index in [-0.39, 0.29) is 29.6 Å². The molecule has 0 unspecified atom stereocenters. The van der Waals surface area contributed by atoms with Crippen LogP contribution in [0.5, 0.6) is 0 Å². The summed E-state index contributed by atoms with van der Waals surface area (Å²) >= 11 is 1.50. The molecule has 0 aromatic carbocycles. The number of amides is 3. The van der Waals surface area contributed by atoms with Gasteiger partial charge in [0.2, 0.25) is 22.9 Å². The largest absolute Gasteiger partial charge is 0.387 e. The molecule has 1 atom stereocenters. The van der Waals surface area contributed by atoms with E-state index in [0.29, 0.717) is 44.6 Å². The van der Waals surface area contributed by atoms with Gasteiger partial charge in [-0.2, -0.15) is 10.4 Å². The Morgan fingerprint density at radius 3 is 2.50 bits per heavy atom. The van der Waals surface area contributed by atoms with Crippen LogP contribution in [0.15, 0.2) is 55.0 Å². The molecule has 52 heavy (non-hydrogen) atoms. The molecule has 264 valence electrons. The fourth-order valence-electron chi connectivity index (χ4n) is 7.21. The molecule has 15 nitrogen and oxygen atoms in total. The van der Waals surface area contributed by atoms with Gasteiger partial charge in [-0.25, -0.2) is 9.50 Å². The van der Waals surface area contributed by atoms with E-state index in [1.54, 1.807) is 29.2 Å². The summed E-state index contributed by atoms with van der Waals surface area (Å²) in [5.74, 6) is 0.181. The van der Waals surface area contributed by atoms with Crippen LogP contribution in [0.1, 0.15) is 42.7 Å². The number of rotatable bonds is 7. The van der Waals surface area contributed by atoms with Crippen LogP contribution >= 0.6 is 11.3 Å². The Morgan fingerprint density at radius 1 is 0.942 bits per heavy atom. The molecule has 5 aromatic heterocycles. The number of fused-ring (bicyclic) bond motifs is 1. The first-order valence-electron chi connectivity index (χ1n) is 17.4. The van der Waals surface area contributed by atoms with Crippen LogP contribution in [0.4, 0.5) is 16.6 Å². The maximum atomic E-state index is 13.5. The second kappa shape index (κ2) is 14.0. The van der Waals surface area contributed by atoms with Gasteiger partial charge in [-0.05, 0) is 55.2 Å². The first-order valence-corrected chi connectivity index (χ1v) is 18.2. The molecule has 0 radical (unpaired) electrons. The van der Waals surface area contributed by atoms with Crippen LogP contribution in [-0.2, 0) is 14.4 Å². The standard InChI is InChI=1S/C36H36N12O3S/c1-38-28-17-29(30-5-3-25-16-22(18-37)19-41-48(25)30)39-21-27(28)34-43-44-36(52-34)47-14-12-46(13-15-47)35(51)23-8-10-45(11-9-23)31-6-2-24(20-40-31)26-4-7-32(49)42-33(26)50/h2-3,5-6,16-17,19-21,23,26H,4,7-15H2,1H3,(H,38,39)(H,42,49,50)/t26-/m0/s1. The maximum absolute atomic E-state index is 13.5. The zero-order valence-corrected chi connectivity index (χ0v) is 29.3. The van der Waals surface area contributed by atoms with Gasteiger partial charge in [-0.1, -0.05) is 17.4 Å². The van der Waals surface area contributed by atoms with Gasteiger partial charge < -0.3 is 20.0 Å². The second-order valence-electron chi connectivity index (χ2n) is 13.2. The highest BCUT2D eigenvalue weighted by Crippen LogP contribution is 2.36. The summed E-state index contributed by atoms with van der Waals surface area (Å²) in [5.41, 5.74) is 5.38. The summed E-state index contributed by atoms with van der Waals surface area (Å²) in [6.07, 6.45) is 7.42. The number of imide groups is 1. The highest BCUT2D eigenvalue weighted by atomic mass is 32.1. The molecule has 0 saturated carbocycles. The normalized spacial score (nSPS) is 18.4. The number of nitriles is 1. The molecule has 3 fully saturated rings. The Morgan fingerprint density at radius 2 is 1.77 bits per heavy atom. The highest BCUT2D eigenvalue weighted by molar-refractivity contribution is 7.18. The number of nitrogens with one attached hydrogen (secondary N) is 2. The monoisotopic (exact) mass is 716 g/mol. The fraction of sp³-hybridized carbons (Fsp3) is 0.361. The molecule has 16 heteroatoms. The van der Waals surface area contributed by atoms with Gasteiger partial charge in [-0.15, -0.1) is 10.2 Å². The number of hydrogen-bond donors (Lipinski definition) is 2. The van der Waals surface area contributed by atoms with Crippen molar-refractivity contribution in [2.24, 2.45) is 5.92 Å². The van der Waals surface area contributed by atoms with Crippen LogP contribution in [0, 0.1) is 17.2 Å². The number of piperidine rings is 2. The van der Waals surface area contributed by atoms with Gasteiger partial charge in [0.15, 0.2) is 5.01 Å². The van der Waals surface area contributed by atoms with Gasteiger partial charge in [-0.3, -0.25) is 24.7 Å². The van der Waals surface area contributed by atoms with E-state index in [2.05, 4.69) is 46.8 Å². The van der Waals surface area contributed by atoms with Crippen molar-refractivity contribution in [2.45, 2.75) is 31.6 Å². The number of anilines is 3. The summed E-state index contributed by atoms with van der Waals surface area (Å²) < 4.78 is 1.77. The summed E-state index contributed by atoms with van der Waals surface area (Å²) in [6, 6.07) is 13.6. The Labute approximate surface area is 303 Å². The lowest BCUT2D eigenvalue weighted by Gasteiger charge is -2.38. The van der Waals surface area contributed by atoms with Crippen LogP contribution in [0.3, 0.4) is 0 Å². The number of nitrogens with zero attached hydrogens (tertiary/aromatic N) is 10. The molecule has 0 bridgehead atoms. The SMILES string of the molecule is CNc1cc(-c2ccc3cc(C#N)cnn23)ncc1-c1nnc(N2CCN(C(=O)C3CCN(c4ccc([C@@H]5CCC(=O)NC5=O)cn4)CC3)CC2)s1. The molecule has 2 N–H and O–H groups in total. The summed E-state index contributed by atoms with van der Waals surface area (Å²) in [7, 11) is 1.86. The van der Waals surface area contributed by atoms with Crippen molar-refractivity contribution in [1.82, 2.24) is 40.0 Å². The van der Waals surface area contributed by atoms with E-state index in [9.17, 15) is 19.6 Å². The number of carbonyl (C=O) groups is 3. The number of piperazine rings is 1. The van der Waals surface area contributed by atoms with Gasteiger partial charge in [0.1, 0.15) is 11.9 Å². The molecule has 3 aliphatic rings. The van der Waals surface area contributed by atoms with E-state index in [1.807, 2.05) is 42.3 Å². The molecule has 3 saturated heterocycles. The lowest BCUT2D eigenvalue weighted by molar-refractivity contribution is -0.136. The van der Waals surface area contributed by atoms with E-state index in [1.165, 1.54) is 11.3 Å². The number of hydrogen-bond acceptors (Lipinski definition) is 13. The summed E-state index contributed by atoms with van der Waals surface area (Å²) in [5, 5.41) is 29.9. The fourth-order valence-corrected chi connectivity index (χ4v) is 8.13. The van der Waals surface area contributed by atoms with Crippen molar-refractivity contribution in [3.8, 4) is 28.0 Å². The van der Waals surface area contributed by atoms with Crippen molar-refractivity contribution in [3.05, 3.63) is 66.1 Å². The Bertz CT molecular complexity index is 2190. The third-order valence-corrected chi connectivity index (χ3v) is 11.2. The van der Waals surface area contributed by atoms with Gasteiger partial charge in [0, 0.05) is 76.7 Å². The molecular formula is C36H36N12O3S. The molecule has 3 aliphatic heterocycles. The topological polar surface area (TPSA) is 178 Å². The molecule has 0 spiro atoms. The second-order valence-corrected chi connectivity index (χ2v) is 14.1. The lowest BCUT2D eigenvalue weighted by Crippen LogP contribution is -2.51. The van der Waals surface area contributed by atoms with Crippen molar-refractivity contribution < 1.29 is 14.4 Å². The molecule has 8 rings (SSSR count). The van der Waals surface area contributed by atoms with Crippen LogP contribution in [0.2, 0.25) is 0 Å². The average Bonchev–Trinajstić information content (AvgIpc) is 3.86. The Hall–Kier alpha value is -5.95. The minimum absolute atomic E-state index is 0.0234. The van der Waals surface area contributed by atoms with E-state index in [4.69, 9.17) is 4.98 Å². The van der Waals surface area contributed by atoms with Crippen molar-refractivity contribution in [3.63, 3.8) is 0 Å². The van der Waals surface area contributed by atoms with Gasteiger partial charge in [0.25, 0.3) is 0 Å². The smallest absolute Gasteiger partial charge is 0.234 e. The molecule has 8 heterocycles. The first kappa shape index (κ1) is 33.2. The third-order valence-electron chi connectivity index (χ3n) is 10.2. The number of aromatic nitrogens is 6. The zero-order valence-electron chi connectivity index (χ0n) is 28.5. The maximum Gasteiger partial charge on any atom is 0.234 e.